The van der Waals surface area contributed by atoms with Crippen LogP contribution in [0.2, 0.25) is 0 Å². The van der Waals surface area contributed by atoms with Crippen molar-refractivity contribution in [3.05, 3.63) is 36.0 Å². The summed E-state index contributed by atoms with van der Waals surface area (Å²) < 4.78 is 0. The number of unbranched alkanes of at least 4 members (excludes halogenated alkanes) is 2. The first-order valence-electron chi connectivity index (χ1n) is 6.92. The average Bonchev–Trinajstić information content (AvgIpc) is 2.46. The van der Waals surface area contributed by atoms with Crippen molar-refractivity contribution in [2.45, 2.75) is 32.1 Å². The first-order chi connectivity index (χ1) is 9.26. The molecule has 0 amide bonds. The van der Waals surface area contributed by atoms with E-state index in [1.165, 1.54) is 30.0 Å². The lowest BCUT2D eigenvalue weighted by molar-refractivity contribution is 0.702. The van der Waals surface area contributed by atoms with Crippen molar-refractivity contribution in [1.29, 1.82) is 0 Å². The van der Waals surface area contributed by atoms with E-state index in [1.54, 1.807) is 0 Å². The van der Waals surface area contributed by atoms with Crippen LogP contribution in [0.25, 0.3) is 10.8 Å². The number of anilines is 1. The standard InChI is InChI=1S/C16H21ClN2/c1-3-4-7-10-19(2)16-15-9-6-5-8-13(15)11-14(12-17)18-16/h5-6,8-9,11H,3-4,7,10,12H2,1-2H3. The number of hydrogen-bond donors (Lipinski definition) is 0. The summed E-state index contributed by atoms with van der Waals surface area (Å²) in [4.78, 5) is 6.94. The lowest BCUT2D eigenvalue weighted by atomic mass is 10.1. The van der Waals surface area contributed by atoms with Gasteiger partial charge in [0.2, 0.25) is 0 Å². The molecule has 0 saturated heterocycles. The van der Waals surface area contributed by atoms with E-state index in [4.69, 9.17) is 16.6 Å². The first kappa shape index (κ1) is 14.1. The van der Waals surface area contributed by atoms with Crippen LogP contribution in [0.3, 0.4) is 0 Å². The Morgan fingerprint density at radius 1 is 1.21 bits per heavy atom. The summed E-state index contributed by atoms with van der Waals surface area (Å²) in [6, 6.07) is 10.4. The topological polar surface area (TPSA) is 16.1 Å². The molecule has 1 heterocycles. The summed E-state index contributed by atoms with van der Waals surface area (Å²) in [6.45, 7) is 3.26. The predicted octanol–water partition coefficient (Wildman–Crippen LogP) is 4.60. The maximum absolute atomic E-state index is 5.95. The minimum absolute atomic E-state index is 0.459. The van der Waals surface area contributed by atoms with Gasteiger partial charge in [-0.1, -0.05) is 44.0 Å². The molecule has 0 spiro atoms. The summed E-state index contributed by atoms with van der Waals surface area (Å²) in [5, 5.41) is 2.42. The van der Waals surface area contributed by atoms with E-state index in [2.05, 4.69) is 49.2 Å². The van der Waals surface area contributed by atoms with Crippen LogP contribution < -0.4 is 4.90 Å². The fraction of sp³-hybridized carbons (Fsp3) is 0.438. The van der Waals surface area contributed by atoms with Gasteiger partial charge < -0.3 is 4.90 Å². The summed E-state index contributed by atoms with van der Waals surface area (Å²) in [5.74, 6) is 1.51. The predicted molar refractivity (Wildman–Crippen MR) is 84.1 cm³/mol. The second kappa shape index (κ2) is 6.76. The van der Waals surface area contributed by atoms with Gasteiger partial charge >= 0.3 is 0 Å². The Morgan fingerprint density at radius 3 is 2.74 bits per heavy atom. The van der Waals surface area contributed by atoms with E-state index >= 15 is 0 Å². The number of fused-ring (bicyclic) bond motifs is 1. The van der Waals surface area contributed by atoms with Crippen molar-refractivity contribution < 1.29 is 0 Å². The van der Waals surface area contributed by atoms with Gasteiger partial charge in [-0.25, -0.2) is 4.98 Å². The molecular formula is C16H21ClN2. The number of nitrogens with zero attached hydrogens (tertiary/aromatic N) is 2. The molecule has 0 unspecified atom stereocenters. The molecule has 1 aromatic heterocycles. The van der Waals surface area contributed by atoms with E-state index in [9.17, 15) is 0 Å². The maximum Gasteiger partial charge on any atom is 0.136 e. The highest BCUT2D eigenvalue weighted by Crippen LogP contribution is 2.25. The Balaban J connectivity index is 2.34. The van der Waals surface area contributed by atoms with Crippen molar-refractivity contribution in [2.75, 3.05) is 18.5 Å². The zero-order valence-corrected chi connectivity index (χ0v) is 12.5. The molecule has 19 heavy (non-hydrogen) atoms. The molecular weight excluding hydrogens is 256 g/mol. The fourth-order valence-electron chi connectivity index (χ4n) is 2.30. The maximum atomic E-state index is 5.95. The monoisotopic (exact) mass is 276 g/mol. The Morgan fingerprint density at radius 2 is 2.00 bits per heavy atom. The molecule has 0 aliphatic heterocycles. The van der Waals surface area contributed by atoms with Crippen LogP contribution in [0.1, 0.15) is 31.9 Å². The molecule has 0 radical (unpaired) electrons. The summed E-state index contributed by atoms with van der Waals surface area (Å²) in [7, 11) is 2.11. The number of rotatable bonds is 6. The molecule has 0 fully saturated rings. The van der Waals surface area contributed by atoms with E-state index in [0.29, 0.717) is 5.88 Å². The zero-order valence-electron chi connectivity index (χ0n) is 11.7. The van der Waals surface area contributed by atoms with Gasteiger partial charge in [0.15, 0.2) is 0 Å². The highest BCUT2D eigenvalue weighted by Gasteiger charge is 2.09. The quantitative estimate of drug-likeness (QED) is 0.566. The summed E-state index contributed by atoms with van der Waals surface area (Å²) in [5.41, 5.74) is 0.942. The molecule has 102 valence electrons. The van der Waals surface area contributed by atoms with Crippen LogP contribution in [0, 0.1) is 0 Å². The normalized spacial score (nSPS) is 10.9. The molecule has 2 nitrogen and oxygen atoms in total. The third-order valence-corrected chi connectivity index (χ3v) is 3.64. The van der Waals surface area contributed by atoms with Crippen LogP contribution in [0.5, 0.6) is 0 Å². The second-order valence-electron chi connectivity index (χ2n) is 4.92. The van der Waals surface area contributed by atoms with Crippen molar-refractivity contribution in [2.24, 2.45) is 0 Å². The highest BCUT2D eigenvalue weighted by atomic mass is 35.5. The third kappa shape index (κ3) is 3.38. The molecule has 2 rings (SSSR count). The van der Waals surface area contributed by atoms with E-state index in [1.807, 2.05) is 0 Å². The van der Waals surface area contributed by atoms with Gasteiger partial charge in [0.1, 0.15) is 5.82 Å². The van der Waals surface area contributed by atoms with Gasteiger partial charge in [0, 0.05) is 19.0 Å². The SMILES string of the molecule is CCCCCN(C)c1nc(CCl)cc2ccccc12. The molecule has 0 bridgehead atoms. The number of alkyl halides is 1. The molecule has 1 aromatic carbocycles. The fourth-order valence-corrected chi connectivity index (χ4v) is 2.44. The second-order valence-corrected chi connectivity index (χ2v) is 5.19. The minimum Gasteiger partial charge on any atom is -0.359 e. The largest absolute Gasteiger partial charge is 0.359 e. The van der Waals surface area contributed by atoms with Crippen LogP contribution in [-0.4, -0.2) is 18.6 Å². The number of hydrogen-bond acceptors (Lipinski definition) is 2. The Hall–Kier alpha value is -1.28. The number of aromatic nitrogens is 1. The van der Waals surface area contributed by atoms with Crippen molar-refractivity contribution >= 4 is 28.2 Å². The van der Waals surface area contributed by atoms with Crippen molar-refractivity contribution in [3.63, 3.8) is 0 Å². The van der Waals surface area contributed by atoms with Gasteiger partial charge in [-0.15, -0.1) is 11.6 Å². The van der Waals surface area contributed by atoms with Crippen LogP contribution in [0.15, 0.2) is 30.3 Å². The first-order valence-corrected chi connectivity index (χ1v) is 7.45. The van der Waals surface area contributed by atoms with E-state index in [0.717, 1.165) is 18.1 Å². The number of pyridine rings is 1. The Labute approximate surface area is 120 Å². The summed E-state index contributed by atoms with van der Waals surface area (Å²) >= 11 is 5.95. The van der Waals surface area contributed by atoms with Crippen molar-refractivity contribution in [1.82, 2.24) is 4.98 Å². The van der Waals surface area contributed by atoms with Gasteiger partial charge in [0.25, 0.3) is 0 Å². The number of halogens is 1. The number of benzene rings is 1. The van der Waals surface area contributed by atoms with Gasteiger partial charge in [-0.05, 0) is 17.9 Å². The molecule has 0 aliphatic carbocycles. The molecule has 0 saturated carbocycles. The van der Waals surface area contributed by atoms with Crippen molar-refractivity contribution in [3.8, 4) is 0 Å². The lowest BCUT2D eigenvalue weighted by Crippen LogP contribution is -2.20. The van der Waals surface area contributed by atoms with Crippen LogP contribution in [0.4, 0.5) is 5.82 Å². The minimum atomic E-state index is 0.459. The van der Waals surface area contributed by atoms with Crippen LogP contribution >= 0.6 is 11.6 Å². The molecule has 0 aliphatic rings. The average molecular weight is 277 g/mol. The van der Waals surface area contributed by atoms with E-state index < -0.39 is 0 Å². The third-order valence-electron chi connectivity index (χ3n) is 3.37. The Bertz CT molecular complexity index is 539. The summed E-state index contributed by atoms with van der Waals surface area (Å²) in [6.07, 6.45) is 3.70. The molecule has 0 N–H and O–H groups in total. The van der Waals surface area contributed by atoms with Gasteiger partial charge in [0.05, 0.1) is 11.6 Å². The zero-order chi connectivity index (χ0) is 13.7. The smallest absolute Gasteiger partial charge is 0.136 e. The molecule has 3 heteroatoms. The van der Waals surface area contributed by atoms with Crippen LogP contribution in [-0.2, 0) is 5.88 Å². The van der Waals surface area contributed by atoms with Gasteiger partial charge in [-0.2, -0.15) is 0 Å². The molecule has 0 atom stereocenters. The van der Waals surface area contributed by atoms with E-state index in [-0.39, 0.29) is 0 Å². The van der Waals surface area contributed by atoms with Gasteiger partial charge in [-0.3, -0.25) is 0 Å². The highest BCUT2D eigenvalue weighted by molar-refractivity contribution is 6.17. The Kier molecular flexibility index (Phi) is 5.03. The molecule has 2 aromatic rings. The lowest BCUT2D eigenvalue weighted by Gasteiger charge is -2.20.